The van der Waals surface area contributed by atoms with E-state index in [9.17, 15) is 0 Å². The molecular weight excluding hydrogens is 214 g/mol. The van der Waals surface area contributed by atoms with Crippen LogP contribution in [0.5, 0.6) is 0 Å². The maximum absolute atomic E-state index is 5.14. The molecule has 4 heteroatoms. The summed E-state index contributed by atoms with van der Waals surface area (Å²) in [5.74, 6) is 1.43. The Labute approximate surface area is 103 Å². The number of piperidine rings is 1. The minimum atomic E-state index is 0.558. The Bertz CT molecular complexity index is 356. The van der Waals surface area contributed by atoms with Crippen molar-refractivity contribution in [1.82, 2.24) is 14.9 Å². The van der Waals surface area contributed by atoms with Gasteiger partial charge in [0.1, 0.15) is 5.82 Å². The van der Waals surface area contributed by atoms with Gasteiger partial charge in [-0.3, -0.25) is 0 Å². The molecule has 0 radical (unpaired) electrons. The van der Waals surface area contributed by atoms with Gasteiger partial charge in [0.05, 0.1) is 6.61 Å². The summed E-state index contributed by atoms with van der Waals surface area (Å²) in [4.78, 5) is 11.2. The first-order valence-electron chi connectivity index (χ1n) is 6.30. The van der Waals surface area contributed by atoms with E-state index in [1.54, 1.807) is 7.11 Å². The molecule has 1 aliphatic heterocycles. The maximum Gasteiger partial charge on any atom is 0.125 e. The van der Waals surface area contributed by atoms with Gasteiger partial charge in [-0.05, 0) is 32.4 Å². The van der Waals surface area contributed by atoms with Crippen molar-refractivity contribution < 1.29 is 4.74 Å². The molecule has 0 aliphatic carbocycles. The Morgan fingerprint density at radius 2 is 2.41 bits per heavy atom. The van der Waals surface area contributed by atoms with Gasteiger partial charge < -0.3 is 9.64 Å². The fraction of sp³-hybridized carbons (Fsp3) is 0.692. The Morgan fingerprint density at radius 1 is 1.53 bits per heavy atom. The van der Waals surface area contributed by atoms with Gasteiger partial charge in [0.15, 0.2) is 0 Å². The van der Waals surface area contributed by atoms with Crippen LogP contribution >= 0.6 is 0 Å². The number of likely N-dealkylation sites (tertiary alicyclic amines) is 1. The standard InChI is InChI=1S/C13H21N3O/c1-11-14-6-5-13(15-11)12-4-3-7-16(10-12)8-9-17-2/h5-6,12H,3-4,7-10H2,1-2H3/t12-/m0/s1. The number of hydrogen-bond donors (Lipinski definition) is 0. The van der Waals surface area contributed by atoms with E-state index >= 15 is 0 Å². The summed E-state index contributed by atoms with van der Waals surface area (Å²) >= 11 is 0. The zero-order valence-corrected chi connectivity index (χ0v) is 10.7. The van der Waals surface area contributed by atoms with Crippen molar-refractivity contribution in [3.63, 3.8) is 0 Å². The summed E-state index contributed by atoms with van der Waals surface area (Å²) in [6, 6.07) is 2.05. The van der Waals surface area contributed by atoms with E-state index in [1.807, 2.05) is 13.1 Å². The first-order chi connectivity index (χ1) is 8.29. The van der Waals surface area contributed by atoms with E-state index in [0.717, 1.165) is 25.5 Å². The summed E-state index contributed by atoms with van der Waals surface area (Å²) in [5.41, 5.74) is 1.19. The van der Waals surface area contributed by atoms with Crippen LogP contribution in [0.3, 0.4) is 0 Å². The van der Waals surface area contributed by atoms with Crippen LogP contribution < -0.4 is 0 Å². The Hall–Kier alpha value is -1.00. The monoisotopic (exact) mass is 235 g/mol. The highest BCUT2D eigenvalue weighted by Crippen LogP contribution is 2.25. The SMILES string of the molecule is COCCN1CCC[C@H](c2ccnc(C)n2)C1. The van der Waals surface area contributed by atoms with E-state index in [1.165, 1.54) is 25.1 Å². The molecule has 2 rings (SSSR count). The molecule has 0 aromatic carbocycles. The number of ether oxygens (including phenoxy) is 1. The smallest absolute Gasteiger partial charge is 0.125 e. The predicted molar refractivity (Wildman–Crippen MR) is 67.1 cm³/mol. The van der Waals surface area contributed by atoms with Crippen molar-refractivity contribution in [3.8, 4) is 0 Å². The van der Waals surface area contributed by atoms with Crippen molar-refractivity contribution >= 4 is 0 Å². The molecule has 0 N–H and O–H groups in total. The second-order valence-corrected chi connectivity index (χ2v) is 4.66. The lowest BCUT2D eigenvalue weighted by Gasteiger charge is -2.32. The molecule has 0 amide bonds. The number of rotatable bonds is 4. The van der Waals surface area contributed by atoms with Crippen LogP contribution in [0.4, 0.5) is 0 Å². The molecule has 1 atom stereocenters. The molecule has 0 saturated carbocycles. The predicted octanol–water partition coefficient (Wildman–Crippen LogP) is 1.61. The number of aryl methyl sites for hydroxylation is 1. The van der Waals surface area contributed by atoms with E-state index < -0.39 is 0 Å². The number of methoxy groups -OCH3 is 1. The molecule has 1 aliphatic rings. The van der Waals surface area contributed by atoms with Gasteiger partial charge >= 0.3 is 0 Å². The first-order valence-corrected chi connectivity index (χ1v) is 6.30. The lowest BCUT2D eigenvalue weighted by Crippen LogP contribution is -2.36. The molecule has 1 fully saturated rings. The lowest BCUT2D eigenvalue weighted by atomic mass is 9.94. The Morgan fingerprint density at radius 3 is 3.18 bits per heavy atom. The van der Waals surface area contributed by atoms with Gasteiger partial charge in [-0.2, -0.15) is 0 Å². The Kier molecular flexibility index (Phi) is 4.45. The summed E-state index contributed by atoms with van der Waals surface area (Å²) in [7, 11) is 1.76. The van der Waals surface area contributed by atoms with Crippen LogP contribution in [-0.4, -0.2) is 48.2 Å². The van der Waals surface area contributed by atoms with Gasteiger partial charge in [-0.1, -0.05) is 0 Å². The quantitative estimate of drug-likeness (QED) is 0.794. The highest BCUT2D eigenvalue weighted by molar-refractivity contribution is 5.09. The third-order valence-electron chi connectivity index (χ3n) is 3.33. The highest BCUT2D eigenvalue weighted by atomic mass is 16.5. The van der Waals surface area contributed by atoms with Crippen LogP contribution in [0.2, 0.25) is 0 Å². The summed E-state index contributed by atoms with van der Waals surface area (Å²) in [5, 5.41) is 0. The van der Waals surface area contributed by atoms with Crippen LogP contribution in [0, 0.1) is 6.92 Å². The van der Waals surface area contributed by atoms with Gasteiger partial charge in [0.2, 0.25) is 0 Å². The van der Waals surface area contributed by atoms with E-state index in [-0.39, 0.29) is 0 Å². The van der Waals surface area contributed by atoms with E-state index in [0.29, 0.717) is 5.92 Å². The van der Waals surface area contributed by atoms with E-state index in [2.05, 4.69) is 20.9 Å². The Balaban J connectivity index is 1.97. The second kappa shape index (κ2) is 6.07. The minimum absolute atomic E-state index is 0.558. The summed E-state index contributed by atoms with van der Waals surface area (Å²) in [6.07, 6.45) is 4.35. The molecule has 1 aromatic rings. The third-order valence-corrected chi connectivity index (χ3v) is 3.33. The van der Waals surface area contributed by atoms with Gasteiger partial charge in [0.25, 0.3) is 0 Å². The molecule has 0 unspecified atom stereocenters. The minimum Gasteiger partial charge on any atom is -0.383 e. The van der Waals surface area contributed by atoms with Crippen LogP contribution in [0.25, 0.3) is 0 Å². The molecule has 0 bridgehead atoms. The summed E-state index contributed by atoms with van der Waals surface area (Å²) < 4.78 is 5.14. The van der Waals surface area contributed by atoms with Crippen molar-refractivity contribution in [2.24, 2.45) is 0 Å². The first kappa shape index (κ1) is 12.5. The normalized spacial score (nSPS) is 21.6. The third kappa shape index (κ3) is 3.48. The topological polar surface area (TPSA) is 38.2 Å². The zero-order chi connectivity index (χ0) is 12.1. The molecule has 94 valence electrons. The largest absolute Gasteiger partial charge is 0.383 e. The van der Waals surface area contributed by atoms with Crippen LogP contribution in [0.15, 0.2) is 12.3 Å². The molecule has 17 heavy (non-hydrogen) atoms. The number of hydrogen-bond acceptors (Lipinski definition) is 4. The average Bonchev–Trinajstić information content (AvgIpc) is 2.37. The molecular formula is C13H21N3O. The highest BCUT2D eigenvalue weighted by Gasteiger charge is 2.21. The summed E-state index contributed by atoms with van der Waals surface area (Å²) in [6.45, 7) is 6.07. The molecule has 4 nitrogen and oxygen atoms in total. The van der Waals surface area contributed by atoms with E-state index in [4.69, 9.17) is 4.74 Å². The van der Waals surface area contributed by atoms with Crippen molar-refractivity contribution in [2.75, 3.05) is 33.4 Å². The fourth-order valence-electron chi connectivity index (χ4n) is 2.42. The number of nitrogens with zero attached hydrogens (tertiary/aromatic N) is 3. The van der Waals surface area contributed by atoms with Gasteiger partial charge in [-0.15, -0.1) is 0 Å². The van der Waals surface area contributed by atoms with Crippen molar-refractivity contribution in [1.29, 1.82) is 0 Å². The molecule has 2 heterocycles. The fourth-order valence-corrected chi connectivity index (χ4v) is 2.42. The van der Waals surface area contributed by atoms with Crippen LogP contribution in [0.1, 0.15) is 30.3 Å². The number of aromatic nitrogens is 2. The maximum atomic E-state index is 5.14. The average molecular weight is 235 g/mol. The molecule has 0 spiro atoms. The lowest BCUT2D eigenvalue weighted by molar-refractivity contribution is 0.127. The van der Waals surface area contributed by atoms with Crippen molar-refractivity contribution in [2.45, 2.75) is 25.7 Å². The zero-order valence-electron chi connectivity index (χ0n) is 10.7. The second-order valence-electron chi connectivity index (χ2n) is 4.66. The van der Waals surface area contributed by atoms with Crippen molar-refractivity contribution in [3.05, 3.63) is 23.8 Å². The molecule has 1 saturated heterocycles. The molecule has 1 aromatic heterocycles. The van der Waals surface area contributed by atoms with Gasteiger partial charge in [0, 0.05) is 38.0 Å². The van der Waals surface area contributed by atoms with Gasteiger partial charge in [-0.25, -0.2) is 9.97 Å². The van der Waals surface area contributed by atoms with Crippen LogP contribution in [-0.2, 0) is 4.74 Å².